The van der Waals surface area contributed by atoms with Gasteiger partial charge in [0.25, 0.3) is 0 Å². The molecular weight excluding hydrogens is 276 g/mol. The summed E-state index contributed by atoms with van der Waals surface area (Å²) in [4.78, 5) is 14.2. The Bertz CT molecular complexity index is 626. The van der Waals surface area contributed by atoms with Crippen LogP contribution in [-0.4, -0.2) is 30.7 Å². The van der Waals surface area contributed by atoms with Crippen LogP contribution in [-0.2, 0) is 4.79 Å². The van der Waals surface area contributed by atoms with E-state index in [0.29, 0.717) is 6.54 Å². The van der Waals surface area contributed by atoms with Crippen LogP contribution in [0.25, 0.3) is 0 Å². The Kier molecular flexibility index (Phi) is 5.55. The SMILES string of the molecule is Cc1cccc(NC(=O)CN(CCO)c2ccccc2)c1C. The van der Waals surface area contributed by atoms with E-state index in [1.165, 1.54) is 0 Å². The minimum atomic E-state index is -0.0917. The van der Waals surface area contributed by atoms with Gasteiger partial charge in [-0.3, -0.25) is 4.79 Å². The Balaban J connectivity index is 2.07. The number of anilines is 2. The van der Waals surface area contributed by atoms with Crippen LogP contribution in [0.5, 0.6) is 0 Å². The highest BCUT2D eigenvalue weighted by Gasteiger charge is 2.12. The molecule has 4 nitrogen and oxygen atoms in total. The lowest BCUT2D eigenvalue weighted by Gasteiger charge is -2.23. The predicted octanol–water partition coefficient (Wildman–Crippen LogP) is 2.74. The number of carbonyl (C=O) groups is 1. The van der Waals surface area contributed by atoms with E-state index in [2.05, 4.69) is 5.32 Å². The van der Waals surface area contributed by atoms with Crippen LogP contribution in [0, 0.1) is 13.8 Å². The van der Waals surface area contributed by atoms with Gasteiger partial charge < -0.3 is 15.3 Å². The third-order valence-electron chi connectivity index (χ3n) is 3.70. The smallest absolute Gasteiger partial charge is 0.243 e. The lowest BCUT2D eigenvalue weighted by atomic mass is 10.1. The molecule has 0 aromatic heterocycles. The van der Waals surface area contributed by atoms with Gasteiger partial charge in [0.05, 0.1) is 13.2 Å². The fourth-order valence-corrected chi connectivity index (χ4v) is 2.31. The molecule has 0 aliphatic carbocycles. The topological polar surface area (TPSA) is 52.6 Å². The number of aliphatic hydroxyl groups excluding tert-OH is 1. The molecule has 2 aromatic rings. The normalized spacial score (nSPS) is 10.3. The van der Waals surface area contributed by atoms with E-state index in [-0.39, 0.29) is 19.1 Å². The van der Waals surface area contributed by atoms with Gasteiger partial charge in [0.2, 0.25) is 5.91 Å². The maximum Gasteiger partial charge on any atom is 0.243 e. The number of benzene rings is 2. The summed E-state index contributed by atoms with van der Waals surface area (Å²) in [6.45, 7) is 4.65. The van der Waals surface area contributed by atoms with Gasteiger partial charge in [0, 0.05) is 17.9 Å². The number of nitrogens with zero attached hydrogens (tertiary/aromatic N) is 1. The number of para-hydroxylation sites is 1. The van der Waals surface area contributed by atoms with E-state index in [0.717, 1.165) is 22.5 Å². The Labute approximate surface area is 131 Å². The van der Waals surface area contributed by atoms with Gasteiger partial charge in [-0.25, -0.2) is 0 Å². The largest absolute Gasteiger partial charge is 0.395 e. The summed E-state index contributed by atoms with van der Waals surface area (Å²) in [7, 11) is 0. The first-order valence-corrected chi connectivity index (χ1v) is 7.38. The highest BCUT2D eigenvalue weighted by Crippen LogP contribution is 2.18. The van der Waals surface area contributed by atoms with Crippen molar-refractivity contribution in [2.24, 2.45) is 0 Å². The van der Waals surface area contributed by atoms with Crippen molar-refractivity contribution in [1.82, 2.24) is 0 Å². The van der Waals surface area contributed by atoms with Crippen LogP contribution < -0.4 is 10.2 Å². The van der Waals surface area contributed by atoms with Crippen LogP contribution in [0.15, 0.2) is 48.5 Å². The predicted molar refractivity (Wildman–Crippen MR) is 90.3 cm³/mol. The second kappa shape index (κ2) is 7.61. The number of hydrogen-bond acceptors (Lipinski definition) is 3. The van der Waals surface area contributed by atoms with E-state index >= 15 is 0 Å². The molecule has 0 unspecified atom stereocenters. The summed E-state index contributed by atoms with van der Waals surface area (Å²) < 4.78 is 0. The molecule has 2 N–H and O–H groups in total. The summed E-state index contributed by atoms with van der Waals surface area (Å²) >= 11 is 0. The average Bonchev–Trinajstić information content (AvgIpc) is 2.52. The molecule has 2 aromatic carbocycles. The maximum atomic E-state index is 12.3. The first-order chi connectivity index (χ1) is 10.6. The third kappa shape index (κ3) is 4.09. The first-order valence-electron chi connectivity index (χ1n) is 7.38. The van der Waals surface area contributed by atoms with Crippen molar-refractivity contribution >= 4 is 17.3 Å². The molecule has 0 saturated heterocycles. The van der Waals surface area contributed by atoms with Crippen LogP contribution in [0.2, 0.25) is 0 Å². The Morgan fingerprint density at radius 1 is 1.09 bits per heavy atom. The van der Waals surface area contributed by atoms with Gasteiger partial charge in [-0.1, -0.05) is 30.3 Å². The monoisotopic (exact) mass is 298 g/mol. The average molecular weight is 298 g/mol. The van der Waals surface area contributed by atoms with Crippen molar-refractivity contribution in [1.29, 1.82) is 0 Å². The Hall–Kier alpha value is -2.33. The van der Waals surface area contributed by atoms with Gasteiger partial charge in [-0.15, -0.1) is 0 Å². The molecule has 0 spiro atoms. The van der Waals surface area contributed by atoms with E-state index in [9.17, 15) is 9.90 Å². The zero-order valence-corrected chi connectivity index (χ0v) is 13.0. The van der Waals surface area contributed by atoms with Crippen molar-refractivity contribution in [3.63, 3.8) is 0 Å². The zero-order chi connectivity index (χ0) is 15.9. The number of aryl methyl sites for hydroxylation is 1. The quantitative estimate of drug-likeness (QED) is 0.862. The number of amides is 1. The molecule has 0 radical (unpaired) electrons. The second-order valence-corrected chi connectivity index (χ2v) is 5.28. The fraction of sp³-hybridized carbons (Fsp3) is 0.278. The summed E-state index contributed by atoms with van der Waals surface area (Å²) in [6.07, 6.45) is 0. The number of aliphatic hydroxyl groups is 1. The zero-order valence-electron chi connectivity index (χ0n) is 13.0. The van der Waals surface area contributed by atoms with Gasteiger partial charge >= 0.3 is 0 Å². The molecule has 0 aliphatic rings. The molecule has 2 rings (SSSR count). The van der Waals surface area contributed by atoms with Crippen molar-refractivity contribution in [2.45, 2.75) is 13.8 Å². The molecule has 0 aliphatic heterocycles. The third-order valence-corrected chi connectivity index (χ3v) is 3.70. The van der Waals surface area contributed by atoms with Crippen LogP contribution in [0.1, 0.15) is 11.1 Å². The molecule has 116 valence electrons. The Morgan fingerprint density at radius 2 is 1.82 bits per heavy atom. The minimum absolute atomic E-state index is 0.00560. The molecule has 0 saturated carbocycles. The summed E-state index contributed by atoms with van der Waals surface area (Å²) in [5.41, 5.74) is 3.98. The van der Waals surface area contributed by atoms with E-state index < -0.39 is 0 Å². The molecule has 22 heavy (non-hydrogen) atoms. The highest BCUT2D eigenvalue weighted by molar-refractivity contribution is 5.94. The van der Waals surface area contributed by atoms with Crippen molar-refractivity contribution in [3.8, 4) is 0 Å². The van der Waals surface area contributed by atoms with Gasteiger partial charge in [0.15, 0.2) is 0 Å². The first kappa shape index (κ1) is 16.0. The molecule has 0 fully saturated rings. The Morgan fingerprint density at radius 3 is 2.50 bits per heavy atom. The summed E-state index contributed by atoms with van der Waals surface area (Å²) in [5, 5.41) is 12.2. The lowest BCUT2D eigenvalue weighted by Crippen LogP contribution is -2.35. The number of rotatable bonds is 6. The van der Waals surface area contributed by atoms with Crippen LogP contribution >= 0.6 is 0 Å². The van der Waals surface area contributed by atoms with Crippen LogP contribution in [0.3, 0.4) is 0 Å². The van der Waals surface area contributed by atoms with E-state index in [1.807, 2.05) is 67.3 Å². The standard InChI is InChI=1S/C18H22N2O2/c1-14-7-6-10-17(15(14)2)19-18(22)13-20(11-12-21)16-8-4-3-5-9-16/h3-10,21H,11-13H2,1-2H3,(H,19,22). The maximum absolute atomic E-state index is 12.3. The van der Waals surface area contributed by atoms with Crippen LogP contribution in [0.4, 0.5) is 11.4 Å². The molecule has 0 bridgehead atoms. The highest BCUT2D eigenvalue weighted by atomic mass is 16.3. The molecule has 0 atom stereocenters. The molecular formula is C18H22N2O2. The molecule has 4 heteroatoms. The summed E-state index contributed by atoms with van der Waals surface area (Å²) in [5.74, 6) is -0.0917. The number of hydrogen-bond donors (Lipinski definition) is 2. The van der Waals surface area contributed by atoms with E-state index in [1.54, 1.807) is 0 Å². The van der Waals surface area contributed by atoms with Crippen molar-refractivity contribution < 1.29 is 9.90 Å². The lowest BCUT2D eigenvalue weighted by molar-refractivity contribution is -0.115. The van der Waals surface area contributed by atoms with Gasteiger partial charge in [-0.2, -0.15) is 0 Å². The molecule has 0 heterocycles. The van der Waals surface area contributed by atoms with E-state index in [4.69, 9.17) is 0 Å². The number of nitrogens with one attached hydrogen (secondary N) is 1. The minimum Gasteiger partial charge on any atom is -0.395 e. The fourth-order valence-electron chi connectivity index (χ4n) is 2.31. The van der Waals surface area contributed by atoms with Crippen molar-refractivity contribution in [2.75, 3.05) is 29.9 Å². The van der Waals surface area contributed by atoms with Gasteiger partial charge in [-0.05, 0) is 43.2 Å². The van der Waals surface area contributed by atoms with Gasteiger partial charge in [0.1, 0.15) is 0 Å². The number of carbonyl (C=O) groups excluding carboxylic acids is 1. The summed E-state index contributed by atoms with van der Waals surface area (Å²) in [6, 6.07) is 15.5. The van der Waals surface area contributed by atoms with Crippen molar-refractivity contribution in [3.05, 3.63) is 59.7 Å². The second-order valence-electron chi connectivity index (χ2n) is 5.28. The molecule has 1 amide bonds.